The standard InChI is InChI=1S/C23H23N3O4/c27-22-6-2-12-29-18-10-8-16-9-11-19(15-17(16)14-18)30-13-3-7-23(28)26-21-5-1-4-20(24-21)25-22/h1,4-5,8-11,14-15H,2-3,6-7,12-13H2,(H2,24,25,26,27,28). The fourth-order valence-corrected chi connectivity index (χ4v) is 3.21. The zero-order valence-corrected chi connectivity index (χ0v) is 16.5. The minimum absolute atomic E-state index is 0.149. The summed E-state index contributed by atoms with van der Waals surface area (Å²) in [6.07, 6.45) is 1.76. The Morgan fingerprint density at radius 1 is 0.700 bits per heavy atom. The molecule has 3 aromatic rings. The number of pyridine rings is 1. The van der Waals surface area contributed by atoms with Gasteiger partial charge < -0.3 is 20.1 Å². The van der Waals surface area contributed by atoms with Crippen LogP contribution < -0.4 is 20.1 Å². The van der Waals surface area contributed by atoms with Crippen LogP contribution in [-0.2, 0) is 9.59 Å². The van der Waals surface area contributed by atoms with Gasteiger partial charge in [-0.05, 0) is 60.0 Å². The summed E-state index contributed by atoms with van der Waals surface area (Å²) >= 11 is 0. The van der Waals surface area contributed by atoms with Crippen LogP contribution in [0.25, 0.3) is 10.8 Å². The monoisotopic (exact) mass is 405 g/mol. The number of ether oxygens (including phenoxy) is 2. The lowest BCUT2D eigenvalue weighted by atomic mass is 10.1. The van der Waals surface area contributed by atoms with E-state index in [1.54, 1.807) is 18.2 Å². The second kappa shape index (κ2) is 9.26. The number of aromatic nitrogens is 1. The van der Waals surface area contributed by atoms with Crippen molar-refractivity contribution in [1.29, 1.82) is 0 Å². The van der Waals surface area contributed by atoms with E-state index in [1.807, 2.05) is 36.4 Å². The SMILES string of the molecule is O=C1CCCOc2ccc3ccc(cc3c2)OCCCC(=O)Nc2cccc(n2)N1. The number of benzene rings is 2. The van der Waals surface area contributed by atoms with Gasteiger partial charge in [-0.2, -0.15) is 0 Å². The maximum Gasteiger partial charge on any atom is 0.225 e. The Morgan fingerprint density at radius 3 is 1.77 bits per heavy atom. The Kier molecular flexibility index (Phi) is 6.08. The van der Waals surface area contributed by atoms with Crippen molar-refractivity contribution < 1.29 is 19.1 Å². The first-order valence-corrected chi connectivity index (χ1v) is 10.0. The second-order valence-electron chi connectivity index (χ2n) is 7.08. The minimum Gasteiger partial charge on any atom is -0.494 e. The molecule has 0 aliphatic carbocycles. The number of carbonyl (C=O) groups excluding carboxylic acids is 2. The molecule has 7 nitrogen and oxygen atoms in total. The molecule has 154 valence electrons. The molecular weight excluding hydrogens is 382 g/mol. The third-order valence-corrected chi connectivity index (χ3v) is 4.70. The summed E-state index contributed by atoms with van der Waals surface area (Å²) in [5, 5.41) is 7.61. The Hall–Kier alpha value is -3.61. The van der Waals surface area contributed by atoms with Crippen molar-refractivity contribution in [1.82, 2.24) is 4.98 Å². The maximum absolute atomic E-state index is 12.2. The van der Waals surface area contributed by atoms with E-state index >= 15 is 0 Å². The van der Waals surface area contributed by atoms with Gasteiger partial charge in [0.2, 0.25) is 11.8 Å². The Morgan fingerprint density at radius 2 is 1.23 bits per heavy atom. The van der Waals surface area contributed by atoms with Crippen LogP contribution in [0.3, 0.4) is 0 Å². The molecule has 1 aliphatic heterocycles. The van der Waals surface area contributed by atoms with Gasteiger partial charge in [-0.3, -0.25) is 9.59 Å². The van der Waals surface area contributed by atoms with Crippen molar-refractivity contribution >= 4 is 34.2 Å². The molecule has 0 unspecified atom stereocenters. The van der Waals surface area contributed by atoms with Crippen molar-refractivity contribution in [2.24, 2.45) is 0 Å². The Bertz CT molecular complexity index is 991. The number of anilines is 2. The van der Waals surface area contributed by atoms with Crippen LogP contribution in [0.15, 0.2) is 54.6 Å². The van der Waals surface area contributed by atoms with Gasteiger partial charge in [0.25, 0.3) is 0 Å². The number of fused-ring (bicyclic) bond motifs is 4. The minimum atomic E-state index is -0.149. The van der Waals surface area contributed by atoms with E-state index in [2.05, 4.69) is 15.6 Å². The van der Waals surface area contributed by atoms with E-state index in [0.29, 0.717) is 50.5 Å². The van der Waals surface area contributed by atoms with Crippen molar-refractivity contribution in [3.63, 3.8) is 0 Å². The molecule has 5 bridgehead atoms. The quantitative estimate of drug-likeness (QED) is 0.587. The molecule has 0 saturated carbocycles. The number of hydrogen-bond donors (Lipinski definition) is 2. The van der Waals surface area contributed by atoms with Gasteiger partial charge in [0.15, 0.2) is 0 Å². The molecule has 4 rings (SSSR count). The van der Waals surface area contributed by atoms with Gasteiger partial charge in [-0.15, -0.1) is 0 Å². The maximum atomic E-state index is 12.2. The molecule has 2 aromatic carbocycles. The van der Waals surface area contributed by atoms with Crippen molar-refractivity contribution in [2.45, 2.75) is 25.7 Å². The number of amides is 2. The highest BCUT2D eigenvalue weighted by Crippen LogP contribution is 2.25. The Balaban J connectivity index is 1.50. The molecule has 0 radical (unpaired) electrons. The lowest BCUT2D eigenvalue weighted by Gasteiger charge is -2.11. The summed E-state index contributed by atoms with van der Waals surface area (Å²) in [6, 6.07) is 16.9. The summed E-state index contributed by atoms with van der Waals surface area (Å²) in [5.74, 6) is 2.01. The molecular formula is C23H23N3O4. The molecule has 0 fully saturated rings. The highest BCUT2D eigenvalue weighted by atomic mass is 16.5. The van der Waals surface area contributed by atoms with Gasteiger partial charge in [0.05, 0.1) is 13.2 Å². The molecule has 1 aromatic heterocycles. The topological polar surface area (TPSA) is 89.5 Å². The lowest BCUT2D eigenvalue weighted by Crippen LogP contribution is -2.16. The van der Waals surface area contributed by atoms with Crippen LogP contribution in [-0.4, -0.2) is 30.0 Å². The van der Waals surface area contributed by atoms with E-state index in [1.165, 1.54) is 0 Å². The summed E-state index contributed by atoms with van der Waals surface area (Å²) in [7, 11) is 0. The summed E-state index contributed by atoms with van der Waals surface area (Å²) in [5.41, 5.74) is 0. The largest absolute Gasteiger partial charge is 0.494 e. The molecule has 1 aliphatic rings. The van der Waals surface area contributed by atoms with Crippen LogP contribution in [0, 0.1) is 0 Å². The second-order valence-corrected chi connectivity index (χ2v) is 7.08. The Labute approximate surface area is 174 Å². The van der Waals surface area contributed by atoms with E-state index in [-0.39, 0.29) is 11.8 Å². The molecule has 2 amide bonds. The van der Waals surface area contributed by atoms with Gasteiger partial charge in [0, 0.05) is 12.8 Å². The van der Waals surface area contributed by atoms with Gasteiger partial charge in [-0.25, -0.2) is 4.98 Å². The summed E-state index contributed by atoms with van der Waals surface area (Å²) < 4.78 is 11.6. The van der Waals surface area contributed by atoms with Crippen LogP contribution in [0.1, 0.15) is 25.7 Å². The van der Waals surface area contributed by atoms with E-state index in [9.17, 15) is 9.59 Å². The molecule has 7 heteroatoms. The highest BCUT2D eigenvalue weighted by Gasteiger charge is 2.08. The first kappa shape index (κ1) is 19.7. The van der Waals surface area contributed by atoms with Crippen molar-refractivity contribution in [3.8, 4) is 11.5 Å². The summed E-state index contributed by atoms with van der Waals surface area (Å²) in [6.45, 7) is 0.858. The van der Waals surface area contributed by atoms with Crippen molar-refractivity contribution in [2.75, 3.05) is 23.8 Å². The molecule has 0 saturated heterocycles. The number of nitrogens with zero attached hydrogens (tertiary/aromatic N) is 1. The third-order valence-electron chi connectivity index (χ3n) is 4.70. The summed E-state index contributed by atoms with van der Waals surface area (Å²) in [4.78, 5) is 28.6. The fraction of sp³-hybridized carbons (Fsp3) is 0.261. The molecule has 2 heterocycles. The first-order chi connectivity index (χ1) is 14.7. The molecule has 0 atom stereocenters. The van der Waals surface area contributed by atoms with E-state index < -0.39 is 0 Å². The van der Waals surface area contributed by atoms with E-state index in [0.717, 1.165) is 22.3 Å². The number of nitrogens with one attached hydrogen (secondary N) is 2. The van der Waals surface area contributed by atoms with Gasteiger partial charge in [0.1, 0.15) is 23.1 Å². The van der Waals surface area contributed by atoms with Crippen LogP contribution >= 0.6 is 0 Å². The van der Waals surface area contributed by atoms with Crippen molar-refractivity contribution in [3.05, 3.63) is 54.6 Å². The average molecular weight is 405 g/mol. The molecule has 0 spiro atoms. The number of rotatable bonds is 0. The van der Waals surface area contributed by atoms with Gasteiger partial charge >= 0.3 is 0 Å². The highest BCUT2D eigenvalue weighted by molar-refractivity contribution is 5.92. The third kappa shape index (κ3) is 5.26. The molecule has 2 N–H and O–H groups in total. The predicted molar refractivity (Wildman–Crippen MR) is 115 cm³/mol. The smallest absolute Gasteiger partial charge is 0.225 e. The average Bonchev–Trinajstić information content (AvgIpc) is 2.74. The van der Waals surface area contributed by atoms with E-state index in [4.69, 9.17) is 9.47 Å². The zero-order valence-electron chi connectivity index (χ0n) is 16.5. The molecule has 30 heavy (non-hydrogen) atoms. The first-order valence-electron chi connectivity index (χ1n) is 10.0. The van der Waals surface area contributed by atoms with Crippen LogP contribution in [0.4, 0.5) is 11.6 Å². The fourth-order valence-electron chi connectivity index (χ4n) is 3.21. The normalized spacial score (nSPS) is 15.7. The zero-order chi connectivity index (χ0) is 20.8. The predicted octanol–water partition coefficient (Wildman–Crippen LogP) is 4.14. The van der Waals surface area contributed by atoms with Crippen LogP contribution in [0.2, 0.25) is 0 Å². The van der Waals surface area contributed by atoms with Gasteiger partial charge in [-0.1, -0.05) is 18.2 Å². The lowest BCUT2D eigenvalue weighted by molar-refractivity contribution is -0.117. The van der Waals surface area contributed by atoms with Crippen LogP contribution in [0.5, 0.6) is 11.5 Å². The number of hydrogen-bond acceptors (Lipinski definition) is 5. The number of carbonyl (C=O) groups is 2.